The van der Waals surface area contributed by atoms with E-state index < -0.39 is 0 Å². The molecular weight excluding hydrogens is 270 g/mol. The van der Waals surface area contributed by atoms with E-state index in [9.17, 15) is 9.90 Å². The van der Waals surface area contributed by atoms with E-state index in [4.69, 9.17) is 4.52 Å². The van der Waals surface area contributed by atoms with Crippen molar-refractivity contribution in [3.05, 3.63) is 11.7 Å². The largest absolute Gasteiger partial charge is 0.396 e. The summed E-state index contributed by atoms with van der Waals surface area (Å²) in [6.45, 7) is 1.97. The third-order valence-electron chi connectivity index (χ3n) is 4.99. The first-order valence-electron chi connectivity index (χ1n) is 7.86. The van der Waals surface area contributed by atoms with Crippen LogP contribution in [0.15, 0.2) is 4.52 Å². The van der Waals surface area contributed by atoms with Crippen LogP contribution in [0.3, 0.4) is 0 Å². The lowest BCUT2D eigenvalue weighted by atomic mass is 9.85. The molecule has 0 spiro atoms. The van der Waals surface area contributed by atoms with Crippen LogP contribution in [0, 0.1) is 24.7 Å². The molecule has 2 aliphatic rings. The normalized spacial score (nSPS) is 30.8. The minimum absolute atomic E-state index is 0.0715. The van der Waals surface area contributed by atoms with Gasteiger partial charge in [0.1, 0.15) is 0 Å². The number of aromatic nitrogens is 2. The molecule has 0 radical (unpaired) electrons. The molecule has 2 fully saturated rings. The molecule has 3 rings (SSSR count). The topological polar surface area (TPSA) is 88.2 Å². The minimum Gasteiger partial charge on any atom is -0.396 e. The molecule has 1 aromatic rings. The van der Waals surface area contributed by atoms with E-state index in [0.29, 0.717) is 42.8 Å². The van der Waals surface area contributed by atoms with E-state index in [1.165, 1.54) is 12.8 Å². The maximum absolute atomic E-state index is 12.1. The van der Waals surface area contributed by atoms with Crippen LogP contribution in [0.4, 0.5) is 0 Å². The summed E-state index contributed by atoms with van der Waals surface area (Å²) in [6.07, 6.45) is 5.36. The number of rotatable bonds is 6. The lowest BCUT2D eigenvalue weighted by Gasteiger charge is -2.30. The summed E-state index contributed by atoms with van der Waals surface area (Å²) >= 11 is 0. The summed E-state index contributed by atoms with van der Waals surface area (Å²) in [4.78, 5) is 16.2. The summed E-state index contributed by atoms with van der Waals surface area (Å²) in [7, 11) is 0. The van der Waals surface area contributed by atoms with Crippen molar-refractivity contribution in [2.75, 3.05) is 6.61 Å². The molecule has 6 nitrogen and oxygen atoms in total. The molecule has 6 heteroatoms. The molecular formula is C15H23N3O3. The van der Waals surface area contributed by atoms with Gasteiger partial charge in [0.2, 0.25) is 11.8 Å². The molecule has 1 aromatic heterocycles. The van der Waals surface area contributed by atoms with Gasteiger partial charge >= 0.3 is 0 Å². The van der Waals surface area contributed by atoms with E-state index in [1.807, 2.05) is 0 Å². The average Bonchev–Trinajstić information content (AvgIpc) is 3.15. The fraction of sp³-hybridized carbons (Fsp3) is 0.800. The monoisotopic (exact) mass is 293 g/mol. The Balaban J connectivity index is 1.44. The molecule has 2 aliphatic carbocycles. The molecule has 2 bridgehead atoms. The molecule has 0 saturated heterocycles. The van der Waals surface area contributed by atoms with Crippen molar-refractivity contribution in [1.29, 1.82) is 0 Å². The van der Waals surface area contributed by atoms with E-state index in [1.54, 1.807) is 6.92 Å². The Kier molecular flexibility index (Phi) is 4.24. The Morgan fingerprint density at radius 1 is 1.43 bits per heavy atom. The van der Waals surface area contributed by atoms with Crippen LogP contribution in [-0.2, 0) is 11.2 Å². The van der Waals surface area contributed by atoms with Crippen LogP contribution < -0.4 is 5.32 Å². The highest BCUT2D eigenvalue weighted by atomic mass is 16.5. The highest BCUT2D eigenvalue weighted by molar-refractivity contribution is 5.76. The van der Waals surface area contributed by atoms with Gasteiger partial charge < -0.3 is 14.9 Å². The van der Waals surface area contributed by atoms with E-state index in [-0.39, 0.29) is 24.5 Å². The third kappa shape index (κ3) is 3.10. The molecule has 21 heavy (non-hydrogen) atoms. The first kappa shape index (κ1) is 14.5. The maximum Gasteiger partial charge on any atom is 0.226 e. The van der Waals surface area contributed by atoms with Crippen molar-refractivity contribution in [2.45, 2.75) is 51.5 Å². The van der Waals surface area contributed by atoms with Gasteiger partial charge in [-0.05, 0) is 44.4 Å². The summed E-state index contributed by atoms with van der Waals surface area (Å²) < 4.78 is 5.03. The zero-order valence-corrected chi connectivity index (χ0v) is 12.4. The quantitative estimate of drug-likeness (QED) is 0.823. The Morgan fingerprint density at radius 3 is 2.95 bits per heavy atom. The fourth-order valence-corrected chi connectivity index (χ4v) is 4.00. The number of carbonyl (C=O) groups excluding carboxylic acids is 1. The van der Waals surface area contributed by atoms with Gasteiger partial charge in [-0.3, -0.25) is 4.79 Å². The van der Waals surface area contributed by atoms with Gasteiger partial charge in [0, 0.05) is 31.4 Å². The Hall–Kier alpha value is -1.43. The molecule has 4 atom stereocenters. The molecule has 4 unspecified atom stereocenters. The summed E-state index contributed by atoms with van der Waals surface area (Å²) in [5.41, 5.74) is 0. The van der Waals surface area contributed by atoms with Gasteiger partial charge in [0.05, 0.1) is 0 Å². The highest BCUT2D eigenvalue weighted by Crippen LogP contribution is 2.48. The number of hydrogen-bond acceptors (Lipinski definition) is 5. The number of aliphatic hydroxyl groups is 1. The summed E-state index contributed by atoms with van der Waals surface area (Å²) in [6, 6.07) is 0.173. The Labute approximate surface area is 124 Å². The number of aliphatic hydroxyl groups excluding tert-OH is 1. The summed E-state index contributed by atoms with van der Waals surface area (Å²) in [5, 5.41) is 16.4. The summed E-state index contributed by atoms with van der Waals surface area (Å²) in [5.74, 6) is 2.71. The highest BCUT2D eigenvalue weighted by Gasteiger charge is 2.47. The van der Waals surface area contributed by atoms with E-state index >= 15 is 0 Å². The fourth-order valence-electron chi connectivity index (χ4n) is 4.00. The van der Waals surface area contributed by atoms with Gasteiger partial charge in [-0.2, -0.15) is 4.98 Å². The van der Waals surface area contributed by atoms with Crippen LogP contribution in [0.2, 0.25) is 0 Å². The predicted molar refractivity (Wildman–Crippen MR) is 75.3 cm³/mol. The standard InChI is InChI=1S/C15H23N3O3/c1-9-16-14(21-18-9)4-2-3-13(20)17-15-11-6-5-10(7-11)12(15)8-19/h10-12,15,19H,2-8H2,1H3,(H,17,20). The van der Waals surface area contributed by atoms with Gasteiger partial charge in [-0.1, -0.05) is 5.16 Å². The van der Waals surface area contributed by atoms with Gasteiger partial charge in [0.25, 0.3) is 0 Å². The molecule has 2 saturated carbocycles. The lowest BCUT2D eigenvalue weighted by Crippen LogP contribution is -2.45. The van der Waals surface area contributed by atoms with Crippen molar-refractivity contribution in [1.82, 2.24) is 15.5 Å². The number of fused-ring (bicyclic) bond motifs is 2. The zero-order valence-electron chi connectivity index (χ0n) is 12.4. The zero-order chi connectivity index (χ0) is 14.8. The van der Waals surface area contributed by atoms with Crippen molar-refractivity contribution in [2.24, 2.45) is 17.8 Å². The van der Waals surface area contributed by atoms with Gasteiger partial charge in [-0.15, -0.1) is 0 Å². The molecule has 116 valence electrons. The molecule has 2 N–H and O–H groups in total. The Morgan fingerprint density at radius 2 is 2.24 bits per heavy atom. The molecule has 1 amide bonds. The first-order valence-corrected chi connectivity index (χ1v) is 7.86. The molecule has 1 heterocycles. The number of hydrogen-bond donors (Lipinski definition) is 2. The van der Waals surface area contributed by atoms with Crippen LogP contribution in [0.5, 0.6) is 0 Å². The number of nitrogens with one attached hydrogen (secondary N) is 1. The van der Waals surface area contributed by atoms with Crippen molar-refractivity contribution in [3.8, 4) is 0 Å². The number of amides is 1. The van der Waals surface area contributed by atoms with E-state index in [0.717, 1.165) is 6.42 Å². The predicted octanol–water partition coefficient (Wildman–Crippen LogP) is 1.22. The number of carbonyl (C=O) groups is 1. The molecule has 0 aromatic carbocycles. The SMILES string of the molecule is Cc1noc(CCCC(=O)NC2C3CCC(C3)C2CO)n1. The number of aryl methyl sites for hydroxylation is 2. The minimum atomic E-state index is 0.0715. The smallest absolute Gasteiger partial charge is 0.226 e. The lowest BCUT2D eigenvalue weighted by molar-refractivity contribution is -0.122. The maximum atomic E-state index is 12.1. The van der Waals surface area contributed by atoms with Gasteiger partial charge in [-0.25, -0.2) is 0 Å². The van der Waals surface area contributed by atoms with Crippen LogP contribution in [0.1, 0.15) is 43.8 Å². The van der Waals surface area contributed by atoms with Crippen molar-refractivity contribution < 1.29 is 14.4 Å². The van der Waals surface area contributed by atoms with Crippen LogP contribution in [-0.4, -0.2) is 33.8 Å². The van der Waals surface area contributed by atoms with Crippen LogP contribution in [0.25, 0.3) is 0 Å². The van der Waals surface area contributed by atoms with Crippen LogP contribution >= 0.6 is 0 Å². The Bertz CT molecular complexity index is 502. The average molecular weight is 293 g/mol. The van der Waals surface area contributed by atoms with Gasteiger partial charge in [0.15, 0.2) is 5.82 Å². The third-order valence-corrected chi connectivity index (χ3v) is 4.99. The first-order chi connectivity index (χ1) is 10.2. The van der Waals surface area contributed by atoms with Crippen molar-refractivity contribution >= 4 is 5.91 Å². The molecule has 0 aliphatic heterocycles. The van der Waals surface area contributed by atoms with Crippen molar-refractivity contribution in [3.63, 3.8) is 0 Å². The second-order valence-electron chi connectivity index (χ2n) is 6.36. The van der Waals surface area contributed by atoms with E-state index in [2.05, 4.69) is 15.5 Å². The second kappa shape index (κ2) is 6.13. The second-order valence-corrected chi connectivity index (χ2v) is 6.36. The number of nitrogens with zero attached hydrogens (tertiary/aromatic N) is 2.